The van der Waals surface area contributed by atoms with Crippen molar-refractivity contribution < 1.29 is 29.3 Å². The van der Waals surface area contributed by atoms with E-state index in [1.165, 1.54) is 0 Å². The molecule has 2 aromatic carbocycles. The predicted octanol–water partition coefficient (Wildman–Crippen LogP) is 2.66. The number of nitrogens with one attached hydrogen (secondary N) is 1. The molecule has 1 amide bonds. The third-order valence-corrected chi connectivity index (χ3v) is 5.11. The summed E-state index contributed by atoms with van der Waals surface area (Å²) in [6.45, 7) is 4.45. The fourth-order valence-corrected chi connectivity index (χ4v) is 3.32. The monoisotopic (exact) mass is 463 g/mol. The highest BCUT2D eigenvalue weighted by atomic mass is 35.5. The fourth-order valence-electron chi connectivity index (χ4n) is 3.14. The molecule has 3 N–H and O–H groups in total. The van der Waals surface area contributed by atoms with Crippen molar-refractivity contribution in [2.24, 2.45) is 0 Å². The second-order valence-electron chi connectivity index (χ2n) is 6.89. The molecule has 10 heteroatoms. The maximum Gasteiger partial charge on any atom is 0.414 e. The number of carboxylic acid groups (broad SMARTS) is 2. The molecule has 3 rings (SSSR count). The lowest BCUT2D eigenvalue weighted by Gasteiger charge is -2.36. The normalized spacial score (nSPS) is 13.5. The standard InChI is InChI=1S/C20H24ClN3O2.C2H2O4/c1-26-19-9-5-4-8-18(19)24-14-12-23(13-15-24)11-10-20(25)22-17-7-3-2-6-16(17)21;3-1(4)2(5)6/h2-9H,10-15H2,1H3,(H,22,25);(H,3,4)(H,5,6). The van der Waals surface area contributed by atoms with Crippen LogP contribution >= 0.6 is 11.6 Å². The van der Waals surface area contributed by atoms with Crippen LogP contribution in [0.4, 0.5) is 11.4 Å². The molecular weight excluding hydrogens is 438 g/mol. The fraction of sp³-hybridized carbons (Fsp3) is 0.318. The minimum atomic E-state index is -1.82. The average Bonchev–Trinajstić information content (AvgIpc) is 2.80. The van der Waals surface area contributed by atoms with Gasteiger partial charge in [0.1, 0.15) is 5.75 Å². The number of rotatable bonds is 6. The molecule has 0 unspecified atom stereocenters. The molecule has 32 heavy (non-hydrogen) atoms. The summed E-state index contributed by atoms with van der Waals surface area (Å²) in [5, 5.41) is 18.2. The number of methoxy groups -OCH3 is 1. The summed E-state index contributed by atoms with van der Waals surface area (Å²) in [7, 11) is 1.70. The first-order valence-corrected chi connectivity index (χ1v) is 10.3. The van der Waals surface area contributed by atoms with E-state index >= 15 is 0 Å². The molecule has 1 fully saturated rings. The van der Waals surface area contributed by atoms with E-state index in [-0.39, 0.29) is 5.91 Å². The van der Waals surface area contributed by atoms with Crippen LogP contribution in [-0.2, 0) is 14.4 Å². The molecule has 2 aromatic rings. The van der Waals surface area contributed by atoms with Crippen molar-refractivity contribution in [3.8, 4) is 5.75 Å². The molecule has 0 atom stereocenters. The molecule has 0 radical (unpaired) electrons. The van der Waals surface area contributed by atoms with E-state index in [4.69, 9.17) is 36.1 Å². The third kappa shape index (κ3) is 7.75. The first-order chi connectivity index (χ1) is 15.3. The van der Waals surface area contributed by atoms with Gasteiger partial charge in [-0.2, -0.15) is 0 Å². The number of amides is 1. The molecule has 0 spiro atoms. The molecule has 1 saturated heterocycles. The Morgan fingerprint density at radius 1 is 0.969 bits per heavy atom. The summed E-state index contributed by atoms with van der Waals surface area (Å²) < 4.78 is 5.45. The summed E-state index contributed by atoms with van der Waals surface area (Å²) in [6.07, 6.45) is 0.458. The number of hydrogen-bond acceptors (Lipinski definition) is 6. The van der Waals surface area contributed by atoms with Crippen LogP contribution in [0.1, 0.15) is 6.42 Å². The largest absolute Gasteiger partial charge is 0.495 e. The van der Waals surface area contributed by atoms with Crippen molar-refractivity contribution in [2.45, 2.75) is 6.42 Å². The Morgan fingerprint density at radius 3 is 2.16 bits per heavy atom. The number of nitrogens with zero attached hydrogens (tertiary/aromatic N) is 2. The zero-order valence-corrected chi connectivity index (χ0v) is 18.4. The van der Waals surface area contributed by atoms with E-state index in [2.05, 4.69) is 21.2 Å². The number of hydrogen-bond donors (Lipinski definition) is 3. The second kappa shape index (κ2) is 12.5. The van der Waals surface area contributed by atoms with Gasteiger partial charge >= 0.3 is 11.9 Å². The van der Waals surface area contributed by atoms with Gasteiger partial charge in [0.05, 0.1) is 23.5 Å². The zero-order chi connectivity index (χ0) is 23.5. The van der Waals surface area contributed by atoms with Gasteiger partial charge in [0.15, 0.2) is 0 Å². The van der Waals surface area contributed by atoms with Crippen LogP contribution in [0.15, 0.2) is 48.5 Å². The summed E-state index contributed by atoms with van der Waals surface area (Å²) in [5.41, 5.74) is 1.80. The van der Waals surface area contributed by atoms with E-state index in [1.807, 2.05) is 36.4 Å². The van der Waals surface area contributed by atoms with Crippen LogP contribution in [0.3, 0.4) is 0 Å². The Kier molecular flexibility index (Phi) is 9.77. The summed E-state index contributed by atoms with van der Waals surface area (Å²) in [5.74, 6) is -2.75. The van der Waals surface area contributed by atoms with Crippen LogP contribution in [-0.4, -0.2) is 72.8 Å². The van der Waals surface area contributed by atoms with Gasteiger partial charge in [-0.3, -0.25) is 9.69 Å². The number of carbonyl (C=O) groups excluding carboxylic acids is 1. The van der Waals surface area contributed by atoms with Gasteiger partial charge in [0.25, 0.3) is 0 Å². The van der Waals surface area contributed by atoms with Crippen molar-refractivity contribution >= 4 is 40.8 Å². The summed E-state index contributed by atoms with van der Waals surface area (Å²) in [4.78, 5) is 35.0. The third-order valence-electron chi connectivity index (χ3n) is 4.78. The number of carboxylic acids is 2. The molecular formula is C22H26ClN3O6. The van der Waals surface area contributed by atoms with Gasteiger partial charge in [0.2, 0.25) is 5.91 Å². The van der Waals surface area contributed by atoms with Gasteiger partial charge in [-0.15, -0.1) is 0 Å². The van der Waals surface area contributed by atoms with E-state index < -0.39 is 11.9 Å². The lowest BCUT2D eigenvalue weighted by Crippen LogP contribution is -2.47. The smallest absolute Gasteiger partial charge is 0.414 e. The SMILES string of the molecule is COc1ccccc1N1CCN(CCC(=O)Nc2ccccc2Cl)CC1.O=C(O)C(=O)O. The van der Waals surface area contributed by atoms with Gasteiger partial charge in [0, 0.05) is 39.1 Å². The average molecular weight is 464 g/mol. The lowest BCUT2D eigenvalue weighted by molar-refractivity contribution is -0.159. The van der Waals surface area contributed by atoms with Gasteiger partial charge in [-0.25, -0.2) is 9.59 Å². The number of anilines is 2. The number of carbonyl (C=O) groups is 3. The Morgan fingerprint density at radius 2 is 1.56 bits per heavy atom. The van der Waals surface area contributed by atoms with E-state index in [1.54, 1.807) is 13.2 Å². The Balaban J connectivity index is 0.000000534. The van der Waals surface area contributed by atoms with Gasteiger partial charge in [-0.1, -0.05) is 35.9 Å². The molecule has 0 bridgehead atoms. The second-order valence-corrected chi connectivity index (χ2v) is 7.30. The predicted molar refractivity (Wildman–Crippen MR) is 122 cm³/mol. The number of ether oxygens (including phenoxy) is 1. The van der Waals surface area contributed by atoms with E-state index in [0.29, 0.717) is 17.1 Å². The van der Waals surface area contributed by atoms with E-state index in [0.717, 1.165) is 44.2 Å². The number of para-hydroxylation sites is 3. The number of halogens is 1. The van der Waals surface area contributed by atoms with Gasteiger partial charge in [-0.05, 0) is 24.3 Å². The molecule has 0 saturated carbocycles. The topological polar surface area (TPSA) is 119 Å². The maximum absolute atomic E-state index is 12.2. The zero-order valence-electron chi connectivity index (χ0n) is 17.7. The van der Waals surface area contributed by atoms with Crippen molar-refractivity contribution in [2.75, 3.05) is 50.1 Å². The minimum Gasteiger partial charge on any atom is -0.495 e. The minimum absolute atomic E-state index is 0.00902. The Hall–Kier alpha value is -3.30. The van der Waals surface area contributed by atoms with Crippen molar-refractivity contribution in [1.29, 1.82) is 0 Å². The molecule has 1 aliphatic heterocycles. The molecule has 0 aliphatic carbocycles. The Labute approximate surface area is 191 Å². The Bertz CT molecular complexity index is 919. The summed E-state index contributed by atoms with van der Waals surface area (Å²) >= 11 is 6.08. The van der Waals surface area contributed by atoms with Crippen LogP contribution in [0.2, 0.25) is 5.02 Å². The quantitative estimate of drug-likeness (QED) is 0.559. The van der Waals surface area contributed by atoms with Crippen LogP contribution in [0.5, 0.6) is 5.75 Å². The summed E-state index contributed by atoms with van der Waals surface area (Å²) in [6, 6.07) is 15.4. The highest BCUT2D eigenvalue weighted by Crippen LogP contribution is 2.28. The van der Waals surface area contributed by atoms with Crippen molar-refractivity contribution in [3.05, 3.63) is 53.6 Å². The number of aliphatic carboxylic acids is 2. The van der Waals surface area contributed by atoms with E-state index in [9.17, 15) is 4.79 Å². The highest BCUT2D eigenvalue weighted by Gasteiger charge is 2.20. The van der Waals surface area contributed by atoms with Crippen LogP contribution in [0.25, 0.3) is 0 Å². The molecule has 172 valence electrons. The van der Waals surface area contributed by atoms with Crippen LogP contribution < -0.4 is 15.0 Å². The molecule has 1 aliphatic rings. The van der Waals surface area contributed by atoms with Crippen LogP contribution in [0, 0.1) is 0 Å². The highest BCUT2D eigenvalue weighted by molar-refractivity contribution is 6.33. The maximum atomic E-state index is 12.2. The molecule has 0 aromatic heterocycles. The number of piperazine rings is 1. The lowest BCUT2D eigenvalue weighted by atomic mass is 10.2. The van der Waals surface area contributed by atoms with Crippen molar-refractivity contribution in [3.63, 3.8) is 0 Å². The number of benzene rings is 2. The first-order valence-electron chi connectivity index (χ1n) is 9.92. The van der Waals surface area contributed by atoms with Gasteiger partial charge < -0.3 is 25.2 Å². The van der Waals surface area contributed by atoms with Crippen molar-refractivity contribution in [1.82, 2.24) is 4.90 Å². The first kappa shape index (κ1) is 25.0. The molecule has 1 heterocycles. The molecule has 9 nitrogen and oxygen atoms in total.